The van der Waals surface area contributed by atoms with Gasteiger partial charge in [-0.05, 0) is 52.9 Å². The van der Waals surface area contributed by atoms with Crippen LogP contribution in [0.5, 0.6) is 11.5 Å². The third kappa shape index (κ3) is 2.01. The molecule has 1 aliphatic heterocycles. The van der Waals surface area contributed by atoms with Crippen molar-refractivity contribution in [1.82, 2.24) is 5.32 Å². The number of nitriles is 1. The quantitative estimate of drug-likeness (QED) is 0.647. The number of benzene rings is 2. The molecule has 1 unspecified atom stereocenters. The van der Waals surface area contributed by atoms with Gasteiger partial charge in [0.2, 0.25) is 0 Å². The first-order chi connectivity index (χ1) is 11.6. The zero-order chi connectivity index (χ0) is 16.8. The van der Waals surface area contributed by atoms with Crippen molar-refractivity contribution in [3.63, 3.8) is 0 Å². The molecule has 0 amide bonds. The van der Waals surface area contributed by atoms with Crippen LogP contribution in [0, 0.1) is 11.3 Å². The zero-order valence-corrected chi connectivity index (χ0v) is 12.7. The van der Waals surface area contributed by atoms with E-state index in [4.69, 9.17) is 5.73 Å². The Kier molecular flexibility index (Phi) is 3.00. The summed E-state index contributed by atoms with van der Waals surface area (Å²) in [7, 11) is 0. The maximum atomic E-state index is 9.74. The molecule has 24 heavy (non-hydrogen) atoms. The van der Waals surface area contributed by atoms with E-state index >= 15 is 0 Å². The highest BCUT2D eigenvalue weighted by Gasteiger charge is 2.35. The normalized spacial score (nSPS) is 18.7. The Hall–Kier alpha value is -3.39. The monoisotopic (exact) mass is 317 g/mol. The van der Waals surface area contributed by atoms with Crippen LogP contribution in [-0.2, 0) is 6.42 Å². The average molecular weight is 317 g/mol. The maximum Gasteiger partial charge on any atom is 0.116 e. The van der Waals surface area contributed by atoms with Gasteiger partial charge < -0.3 is 21.3 Å². The summed E-state index contributed by atoms with van der Waals surface area (Å²) in [5.41, 5.74) is 11.3. The van der Waals surface area contributed by atoms with E-state index in [1.807, 2.05) is 6.07 Å². The summed E-state index contributed by atoms with van der Waals surface area (Å²) in [6, 6.07) is 14.1. The van der Waals surface area contributed by atoms with Gasteiger partial charge in [0.05, 0.1) is 11.6 Å². The number of phenols is 2. The van der Waals surface area contributed by atoms with Crippen molar-refractivity contribution < 1.29 is 10.2 Å². The van der Waals surface area contributed by atoms with Crippen LogP contribution in [0.15, 0.2) is 59.4 Å². The van der Waals surface area contributed by atoms with Crippen LogP contribution in [0.4, 0.5) is 0 Å². The number of nitrogens with two attached hydrogens (primary N) is 1. The minimum atomic E-state index is -0.110. The summed E-state index contributed by atoms with van der Waals surface area (Å²) >= 11 is 0. The number of aromatic hydroxyl groups is 2. The minimum Gasteiger partial charge on any atom is -0.508 e. The lowest BCUT2D eigenvalue weighted by atomic mass is 9.87. The van der Waals surface area contributed by atoms with Crippen LogP contribution in [-0.4, -0.2) is 10.2 Å². The second kappa shape index (κ2) is 5.07. The number of hydrogen-bond acceptors (Lipinski definition) is 5. The van der Waals surface area contributed by atoms with Gasteiger partial charge in [-0.3, -0.25) is 0 Å². The summed E-state index contributed by atoms with van der Waals surface area (Å²) in [6.07, 6.45) is 0.635. The fourth-order valence-corrected chi connectivity index (χ4v) is 3.52. The number of rotatable bonds is 1. The predicted octanol–water partition coefficient (Wildman–Crippen LogP) is 2.45. The topological polar surface area (TPSA) is 102 Å². The second-order valence-corrected chi connectivity index (χ2v) is 5.98. The molecule has 0 bridgehead atoms. The summed E-state index contributed by atoms with van der Waals surface area (Å²) in [6.45, 7) is 0. The molecule has 0 saturated heterocycles. The van der Waals surface area contributed by atoms with Crippen molar-refractivity contribution in [3.05, 3.63) is 76.1 Å². The third-order valence-electron chi connectivity index (χ3n) is 4.57. The first-order valence-electron chi connectivity index (χ1n) is 7.59. The highest BCUT2D eigenvalue weighted by molar-refractivity contribution is 5.89. The SMILES string of the molecule is N#CC1=C(N)NC2C(=C1c1ccc(O)cc1)Cc1cc(O)ccc12. The molecule has 0 fully saturated rings. The van der Waals surface area contributed by atoms with Gasteiger partial charge in [-0.2, -0.15) is 5.26 Å². The summed E-state index contributed by atoms with van der Waals surface area (Å²) in [5.74, 6) is 0.737. The molecule has 118 valence electrons. The average Bonchev–Trinajstić information content (AvgIpc) is 2.91. The molecule has 0 radical (unpaired) electrons. The second-order valence-electron chi connectivity index (χ2n) is 5.98. The molecule has 2 aromatic carbocycles. The molecular formula is C19H15N3O2. The summed E-state index contributed by atoms with van der Waals surface area (Å²) < 4.78 is 0. The molecule has 1 atom stereocenters. The number of hydrogen-bond donors (Lipinski definition) is 4. The van der Waals surface area contributed by atoms with Gasteiger partial charge in [-0.1, -0.05) is 18.2 Å². The highest BCUT2D eigenvalue weighted by Crippen LogP contribution is 2.46. The molecule has 5 heteroatoms. The van der Waals surface area contributed by atoms with Crippen molar-refractivity contribution >= 4 is 5.57 Å². The van der Waals surface area contributed by atoms with Gasteiger partial charge in [0.1, 0.15) is 23.4 Å². The number of nitrogens with zero attached hydrogens (tertiary/aromatic N) is 1. The zero-order valence-electron chi connectivity index (χ0n) is 12.7. The molecular weight excluding hydrogens is 302 g/mol. The van der Waals surface area contributed by atoms with Gasteiger partial charge in [-0.15, -0.1) is 0 Å². The van der Waals surface area contributed by atoms with Crippen molar-refractivity contribution in [2.75, 3.05) is 0 Å². The molecule has 0 aromatic heterocycles. The van der Waals surface area contributed by atoms with Crippen molar-refractivity contribution in [2.24, 2.45) is 5.73 Å². The summed E-state index contributed by atoms with van der Waals surface area (Å²) in [5, 5.41) is 32.1. The fourth-order valence-electron chi connectivity index (χ4n) is 3.52. The lowest BCUT2D eigenvalue weighted by Gasteiger charge is -2.27. The van der Waals surface area contributed by atoms with E-state index in [1.54, 1.807) is 36.4 Å². The van der Waals surface area contributed by atoms with Gasteiger partial charge in [0, 0.05) is 5.57 Å². The van der Waals surface area contributed by atoms with Crippen LogP contribution in [0.1, 0.15) is 22.7 Å². The van der Waals surface area contributed by atoms with E-state index in [9.17, 15) is 15.5 Å². The van der Waals surface area contributed by atoms with Crippen molar-refractivity contribution in [1.29, 1.82) is 5.26 Å². The van der Waals surface area contributed by atoms with E-state index in [-0.39, 0.29) is 17.5 Å². The molecule has 2 aliphatic rings. The molecule has 4 rings (SSSR count). The van der Waals surface area contributed by atoms with Crippen LogP contribution in [0.3, 0.4) is 0 Å². The van der Waals surface area contributed by atoms with E-state index < -0.39 is 0 Å². The largest absolute Gasteiger partial charge is 0.508 e. The van der Waals surface area contributed by atoms with E-state index in [2.05, 4.69) is 11.4 Å². The Balaban J connectivity index is 1.94. The van der Waals surface area contributed by atoms with Crippen LogP contribution in [0.25, 0.3) is 5.57 Å². The van der Waals surface area contributed by atoms with Crippen LogP contribution >= 0.6 is 0 Å². The van der Waals surface area contributed by atoms with Crippen LogP contribution in [0.2, 0.25) is 0 Å². The maximum absolute atomic E-state index is 9.74. The minimum absolute atomic E-state index is 0.110. The third-order valence-corrected chi connectivity index (χ3v) is 4.57. The molecule has 1 heterocycles. The Morgan fingerprint density at radius 1 is 1.08 bits per heavy atom. The fraction of sp³-hybridized carbons (Fsp3) is 0.105. The molecule has 5 nitrogen and oxygen atoms in total. The van der Waals surface area contributed by atoms with Crippen molar-refractivity contribution in [2.45, 2.75) is 12.5 Å². The number of phenolic OH excluding ortho intramolecular Hbond substituents is 2. The Morgan fingerprint density at radius 2 is 1.79 bits per heavy atom. The Labute approximate surface area is 139 Å². The number of nitrogens with one attached hydrogen (secondary N) is 1. The highest BCUT2D eigenvalue weighted by atomic mass is 16.3. The first-order valence-corrected chi connectivity index (χ1v) is 7.59. The standard InChI is InChI=1S/C19H15N3O2/c20-9-16-17(10-1-3-12(23)4-2-10)15-8-11-7-13(24)5-6-14(11)18(15)22-19(16)21/h1-7,18,22-24H,8,21H2. The lowest BCUT2D eigenvalue weighted by molar-refractivity contribution is 0.474. The predicted molar refractivity (Wildman–Crippen MR) is 89.5 cm³/mol. The van der Waals surface area contributed by atoms with E-state index in [1.165, 1.54) is 0 Å². The molecule has 0 spiro atoms. The van der Waals surface area contributed by atoms with Gasteiger partial charge in [0.15, 0.2) is 0 Å². The molecule has 2 aromatic rings. The van der Waals surface area contributed by atoms with Crippen LogP contribution < -0.4 is 11.1 Å². The Morgan fingerprint density at radius 3 is 2.50 bits per heavy atom. The van der Waals surface area contributed by atoms with Gasteiger partial charge in [-0.25, -0.2) is 0 Å². The molecule has 0 saturated carbocycles. The van der Waals surface area contributed by atoms with Gasteiger partial charge in [0.25, 0.3) is 0 Å². The Bertz CT molecular complexity index is 950. The summed E-state index contributed by atoms with van der Waals surface area (Å²) in [4.78, 5) is 0. The van der Waals surface area contributed by atoms with E-state index in [0.717, 1.165) is 27.8 Å². The first kappa shape index (κ1) is 14.2. The van der Waals surface area contributed by atoms with Gasteiger partial charge >= 0.3 is 0 Å². The molecule has 1 aliphatic carbocycles. The molecule has 5 N–H and O–H groups in total. The van der Waals surface area contributed by atoms with Crippen molar-refractivity contribution in [3.8, 4) is 17.6 Å². The smallest absolute Gasteiger partial charge is 0.116 e. The number of allylic oxidation sites excluding steroid dienone is 2. The number of fused-ring (bicyclic) bond motifs is 3. The van der Waals surface area contributed by atoms with E-state index in [0.29, 0.717) is 17.8 Å². The number of dihydropyridines is 1. The lowest BCUT2D eigenvalue weighted by Crippen LogP contribution is -2.31.